The monoisotopic (exact) mass is 286 g/mol. The van der Waals surface area contributed by atoms with E-state index in [0.717, 1.165) is 15.6 Å². The lowest BCUT2D eigenvalue weighted by atomic mass is 10.2. The van der Waals surface area contributed by atoms with E-state index in [1.807, 2.05) is 62.4 Å². The molecule has 0 radical (unpaired) electrons. The third kappa shape index (κ3) is 3.39. The number of aliphatic imine (C=N–C) groups is 1. The first-order valence-electron chi connectivity index (χ1n) is 6.73. The molecule has 1 aliphatic heterocycles. The molecule has 0 bridgehead atoms. The quantitative estimate of drug-likeness (QED) is 0.793. The van der Waals surface area contributed by atoms with Gasteiger partial charge in [-0.05, 0) is 37.2 Å². The van der Waals surface area contributed by atoms with Gasteiger partial charge in [0.1, 0.15) is 0 Å². The standard InChI is InChI=1S/C16H18N2OS/c1-3-17-16-18(4-2)15(19)14(20-16)12-8-11-13-9-6-5-7-10-13/h5-12H,3-4H2,1-2H3/b11-8+,14-12-,17-16?. The van der Waals surface area contributed by atoms with Crippen molar-refractivity contribution in [2.45, 2.75) is 13.8 Å². The first kappa shape index (κ1) is 14.6. The Morgan fingerprint density at radius 3 is 2.65 bits per heavy atom. The van der Waals surface area contributed by atoms with Crippen molar-refractivity contribution in [2.24, 2.45) is 4.99 Å². The topological polar surface area (TPSA) is 32.7 Å². The molecule has 1 aromatic carbocycles. The van der Waals surface area contributed by atoms with Gasteiger partial charge in [-0.2, -0.15) is 0 Å². The number of benzene rings is 1. The molecule has 1 amide bonds. The van der Waals surface area contributed by atoms with Gasteiger partial charge in [-0.3, -0.25) is 14.7 Å². The van der Waals surface area contributed by atoms with Crippen LogP contribution in [0.3, 0.4) is 0 Å². The van der Waals surface area contributed by atoms with Gasteiger partial charge in [0.25, 0.3) is 5.91 Å². The Hall–Kier alpha value is -1.81. The van der Waals surface area contributed by atoms with Gasteiger partial charge in [0, 0.05) is 13.1 Å². The van der Waals surface area contributed by atoms with Crippen LogP contribution in [0.1, 0.15) is 19.4 Å². The van der Waals surface area contributed by atoms with E-state index in [9.17, 15) is 4.79 Å². The number of amidine groups is 1. The van der Waals surface area contributed by atoms with Crippen LogP contribution in [0.2, 0.25) is 0 Å². The highest BCUT2D eigenvalue weighted by molar-refractivity contribution is 8.18. The molecular formula is C16H18N2OS. The minimum absolute atomic E-state index is 0.0439. The third-order valence-electron chi connectivity index (χ3n) is 2.83. The van der Waals surface area contributed by atoms with Gasteiger partial charge in [-0.15, -0.1) is 0 Å². The van der Waals surface area contributed by atoms with Crippen LogP contribution in [0.5, 0.6) is 0 Å². The molecule has 1 aromatic rings. The number of thioether (sulfide) groups is 1. The molecule has 1 heterocycles. The molecule has 1 saturated heterocycles. The summed E-state index contributed by atoms with van der Waals surface area (Å²) in [6, 6.07) is 10.0. The second-order valence-corrected chi connectivity index (χ2v) is 5.22. The second-order valence-electron chi connectivity index (χ2n) is 4.21. The minimum Gasteiger partial charge on any atom is -0.287 e. The summed E-state index contributed by atoms with van der Waals surface area (Å²) in [5.74, 6) is 0.0439. The highest BCUT2D eigenvalue weighted by atomic mass is 32.2. The molecule has 0 atom stereocenters. The number of hydrogen-bond acceptors (Lipinski definition) is 3. The first-order chi connectivity index (χ1) is 9.76. The Kier molecular flexibility index (Phi) is 5.18. The number of nitrogens with zero attached hydrogens (tertiary/aromatic N) is 2. The number of likely N-dealkylation sites (N-methyl/N-ethyl adjacent to an activating group) is 1. The molecule has 104 valence electrons. The lowest BCUT2D eigenvalue weighted by Crippen LogP contribution is -2.28. The fourth-order valence-electron chi connectivity index (χ4n) is 1.86. The largest absolute Gasteiger partial charge is 0.287 e. The number of allylic oxidation sites excluding steroid dienone is 2. The number of hydrogen-bond donors (Lipinski definition) is 0. The molecule has 2 rings (SSSR count). The summed E-state index contributed by atoms with van der Waals surface area (Å²) in [6.45, 7) is 5.29. The number of carbonyl (C=O) groups excluding carboxylic acids is 1. The van der Waals surface area contributed by atoms with E-state index in [4.69, 9.17) is 0 Å². The van der Waals surface area contributed by atoms with E-state index in [0.29, 0.717) is 13.1 Å². The van der Waals surface area contributed by atoms with Crippen molar-refractivity contribution in [1.82, 2.24) is 4.90 Å². The predicted octanol–water partition coefficient (Wildman–Crippen LogP) is 3.55. The van der Waals surface area contributed by atoms with Crippen LogP contribution in [0.4, 0.5) is 0 Å². The molecule has 4 heteroatoms. The van der Waals surface area contributed by atoms with E-state index in [2.05, 4.69) is 4.99 Å². The van der Waals surface area contributed by atoms with Crippen LogP contribution in [-0.4, -0.2) is 29.1 Å². The molecule has 20 heavy (non-hydrogen) atoms. The van der Waals surface area contributed by atoms with Crippen LogP contribution in [0.15, 0.2) is 52.4 Å². The summed E-state index contributed by atoms with van der Waals surface area (Å²) in [7, 11) is 0. The van der Waals surface area contributed by atoms with Crippen molar-refractivity contribution in [2.75, 3.05) is 13.1 Å². The SMILES string of the molecule is CCN=C1S/C(=C\C=C\c2ccccc2)C(=O)N1CC. The normalized spacial score (nSPS) is 19.7. The zero-order chi connectivity index (χ0) is 14.4. The minimum atomic E-state index is 0.0439. The summed E-state index contributed by atoms with van der Waals surface area (Å²) in [6.07, 6.45) is 5.77. The highest BCUT2D eigenvalue weighted by Crippen LogP contribution is 2.30. The Bertz CT molecular complexity index is 561. The average molecular weight is 286 g/mol. The van der Waals surface area contributed by atoms with Crippen molar-refractivity contribution < 1.29 is 4.79 Å². The van der Waals surface area contributed by atoms with Gasteiger partial charge in [0.05, 0.1) is 4.91 Å². The van der Waals surface area contributed by atoms with Crippen LogP contribution < -0.4 is 0 Å². The molecule has 0 unspecified atom stereocenters. The van der Waals surface area contributed by atoms with Gasteiger partial charge < -0.3 is 0 Å². The second kappa shape index (κ2) is 7.10. The fourth-order valence-corrected chi connectivity index (χ4v) is 2.92. The Morgan fingerprint density at radius 2 is 2.00 bits per heavy atom. The molecule has 1 fully saturated rings. The van der Waals surface area contributed by atoms with Gasteiger partial charge >= 0.3 is 0 Å². The molecule has 0 aliphatic carbocycles. The molecular weight excluding hydrogens is 268 g/mol. The first-order valence-corrected chi connectivity index (χ1v) is 7.55. The summed E-state index contributed by atoms with van der Waals surface area (Å²) in [5, 5.41) is 0.805. The zero-order valence-corrected chi connectivity index (χ0v) is 12.6. The number of amides is 1. The lowest BCUT2D eigenvalue weighted by Gasteiger charge is -2.11. The lowest BCUT2D eigenvalue weighted by molar-refractivity contribution is -0.122. The molecule has 1 aliphatic rings. The Labute approximate surface area is 124 Å². The van der Waals surface area contributed by atoms with E-state index in [-0.39, 0.29) is 5.91 Å². The van der Waals surface area contributed by atoms with E-state index in [1.165, 1.54) is 11.8 Å². The van der Waals surface area contributed by atoms with E-state index >= 15 is 0 Å². The summed E-state index contributed by atoms with van der Waals surface area (Å²) >= 11 is 1.45. The van der Waals surface area contributed by atoms with Gasteiger partial charge in [-0.25, -0.2) is 0 Å². The van der Waals surface area contributed by atoms with Crippen molar-refractivity contribution in [3.8, 4) is 0 Å². The van der Waals surface area contributed by atoms with Crippen LogP contribution in [0, 0.1) is 0 Å². The molecule has 0 aromatic heterocycles. The smallest absolute Gasteiger partial charge is 0.266 e. The molecule has 0 spiro atoms. The fraction of sp³-hybridized carbons (Fsp3) is 0.250. The van der Waals surface area contributed by atoms with Crippen molar-refractivity contribution in [3.05, 3.63) is 53.0 Å². The van der Waals surface area contributed by atoms with Crippen molar-refractivity contribution in [1.29, 1.82) is 0 Å². The Morgan fingerprint density at radius 1 is 1.25 bits per heavy atom. The summed E-state index contributed by atoms with van der Waals surface area (Å²) < 4.78 is 0. The molecule has 3 nitrogen and oxygen atoms in total. The third-order valence-corrected chi connectivity index (χ3v) is 3.90. The maximum absolute atomic E-state index is 12.2. The summed E-state index contributed by atoms with van der Waals surface area (Å²) in [4.78, 5) is 19.0. The predicted molar refractivity (Wildman–Crippen MR) is 86.5 cm³/mol. The maximum Gasteiger partial charge on any atom is 0.266 e. The van der Waals surface area contributed by atoms with E-state index < -0.39 is 0 Å². The van der Waals surface area contributed by atoms with E-state index in [1.54, 1.807) is 4.90 Å². The maximum atomic E-state index is 12.2. The number of rotatable bonds is 4. The van der Waals surface area contributed by atoms with Crippen molar-refractivity contribution >= 4 is 28.9 Å². The molecule has 0 N–H and O–H groups in total. The summed E-state index contributed by atoms with van der Waals surface area (Å²) in [5.41, 5.74) is 1.12. The van der Waals surface area contributed by atoms with Gasteiger partial charge in [-0.1, -0.05) is 42.5 Å². The zero-order valence-electron chi connectivity index (χ0n) is 11.7. The highest BCUT2D eigenvalue weighted by Gasteiger charge is 2.31. The van der Waals surface area contributed by atoms with Gasteiger partial charge in [0.15, 0.2) is 5.17 Å². The number of carbonyl (C=O) groups is 1. The van der Waals surface area contributed by atoms with Crippen LogP contribution >= 0.6 is 11.8 Å². The van der Waals surface area contributed by atoms with Crippen LogP contribution in [-0.2, 0) is 4.79 Å². The van der Waals surface area contributed by atoms with Gasteiger partial charge in [0.2, 0.25) is 0 Å². The van der Waals surface area contributed by atoms with Crippen molar-refractivity contribution in [3.63, 3.8) is 0 Å². The average Bonchev–Trinajstić information content (AvgIpc) is 2.76. The Balaban J connectivity index is 2.13. The van der Waals surface area contributed by atoms with Crippen LogP contribution in [0.25, 0.3) is 6.08 Å². The molecule has 0 saturated carbocycles.